The van der Waals surface area contributed by atoms with Gasteiger partial charge in [-0.3, -0.25) is 0 Å². The fourth-order valence-corrected chi connectivity index (χ4v) is 4.16. The maximum Gasteiger partial charge on any atom is 0.263 e. The van der Waals surface area contributed by atoms with Crippen LogP contribution in [0.1, 0.15) is 12.5 Å². The summed E-state index contributed by atoms with van der Waals surface area (Å²) in [5.41, 5.74) is 4.35. The van der Waals surface area contributed by atoms with Gasteiger partial charge < -0.3 is 14.3 Å². The smallest absolute Gasteiger partial charge is 0.263 e. The first-order valence-corrected chi connectivity index (χ1v) is 10.0. The van der Waals surface area contributed by atoms with Crippen LogP contribution in [0.4, 0.5) is 15.9 Å². The summed E-state index contributed by atoms with van der Waals surface area (Å²) in [7, 11) is 0. The molecule has 0 spiro atoms. The number of fused-ring (bicyclic) bond motifs is 1. The molecule has 0 radical (unpaired) electrons. The predicted molar refractivity (Wildman–Crippen MR) is 115 cm³/mol. The lowest BCUT2D eigenvalue weighted by atomic mass is 10.1. The number of hydrogen-bond donors (Lipinski definition) is 0. The van der Waals surface area contributed by atoms with E-state index in [1.807, 2.05) is 0 Å². The van der Waals surface area contributed by atoms with Gasteiger partial charge in [-0.25, -0.2) is 9.37 Å². The van der Waals surface area contributed by atoms with Crippen LogP contribution in [0.5, 0.6) is 0 Å². The van der Waals surface area contributed by atoms with E-state index in [1.165, 1.54) is 29.7 Å². The molecule has 2 aromatic carbocycles. The number of benzene rings is 2. The third kappa shape index (κ3) is 3.26. The molecular formula is C23H22FN5O. The fourth-order valence-electron chi connectivity index (χ4n) is 4.16. The van der Waals surface area contributed by atoms with Crippen LogP contribution in [-0.4, -0.2) is 40.8 Å². The van der Waals surface area contributed by atoms with E-state index in [4.69, 9.17) is 4.52 Å². The van der Waals surface area contributed by atoms with Gasteiger partial charge in [0.2, 0.25) is 0 Å². The Hall–Kier alpha value is -3.48. The third-order valence-corrected chi connectivity index (χ3v) is 5.63. The van der Waals surface area contributed by atoms with Crippen LogP contribution in [0.15, 0.2) is 59.4 Å². The second-order valence-electron chi connectivity index (χ2n) is 7.74. The molecule has 1 aliphatic heterocycles. The van der Waals surface area contributed by atoms with Crippen molar-refractivity contribution in [2.75, 3.05) is 29.4 Å². The molecule has 1 saturated heterocycles. The van der Waals surface area contributed by atoms with Gasteiger partial charge in [0, 0.05) is 36.9 Å². The molecule has 3 heterocycles. The highest BCUT2D eigenvalue weighted by Crippen LogP contribution is 2.34. The van der Waals surface area contributed by atoms with E-state index in [2.05, 4.69) is 63.0 Å². The second kappa shape index (κ2) is 7.40. The number of anilines is 2. The van der Waals surface area contributed by atoms with E-state index in [9.17, 15) is 4.39 Å². The Bertz CT molecular complexity index is 1190. The molecule has 0 N–H and O–H groups in total. The van der Waals surface area contributed by atoms with Crippen molar-refractivity contribution in [1.82, 2.24) is 15.1 Å². The van der Waals surface area contributed by atoms with Gasteiger partial charge in [0.1, 0.15) is 29.0 Å². The van der Waals surface area contributed by atoms with Crippen molar-refractivity contribution in [3.05, 3.63) is 66.2 Å². The number of piperazine rings is 1. The standard InChI is InChI=1S/C23H22FN5O/c1-15-4-3-5-19(12-15)29-11-10-28(13-16(29)2)22-20-21(17-6-8-18(24)9-7-17)27-30-23(20)26-14-25-22/h3-9,12,14,16H,10-11,13H2,1-2H3. The molecular weight excluding hydrogens is 381 g/mol. The van der Waals surface area contributed by atoms with Gasteiger partial charge in [-0.15, -0.1) is 0 Å². The summed E-state index contributed by atoms with van der Waals surface area (Å²) in [4.78, 5) is 13.5. The van der Waals surface area contributed by atoms with E-state index in [-0.39, 0.29) is 5.82 Å². The molecule has 1 atom stereocenters. The maximum atomic E-state index is 13.4. The zero-order valence-corrected chi connectivity index (χ0v) is 16.9. The molecule has 30 heavy (non-hydrogen) atoms. The number of halogens is 1. The summed E-state index contributed by atoms with van der Waals surface area (Å²) >= 11 is 0. The quantitative estimate of drug-likeness (QED) is 0.504. The van der Waals surface area contributed by atoms with Crippen molar-refractivity contribution in [1.29, 1.82) is 0 Å². The van der Waals surface area contributed by atoms with Gasteiger partial charge in [0.15, 0.2) is 0 Å². The molecule has 0 bridgehead atoms. The average molecular weight is 403 g/mol. The molecule has 0 amide bonds. The first-order valence-electron chi connectivity index (χ1n) is 10.0. The minimum absolute atomic E-state index is 0.288. The molecule has 2 aromatic heterocycles. The molecule has 7 heteroatoms. The number of aromatic nitrogens is 3. The molecule has 1 unspecified atom stereocenters. The van der Waals surface area contributed by atoms with Gasteiger partial charge >= 0.3 is 0 Å². The number of aryl methyl sites for hydroxylation is 1. The summed E-state index contributed by atoms with van der Waals surface area (Å²) in [6.07, 6.45) is 1.51. The summed E-state index contributed by atoms with van der Waals surface area (Å²) in [5, 5.41) is 4.97. The van der Waals surface area contributed by atoms with Crippen LogP contribution in [0.3, 0.4) is 0 Å². The Morgan fingerprint density at radius 3 is 2.67 bits per heavy atom. The normalized spacial score (nSPS) is 17.0. The van der Waals surface area contributed by atoms with E-state index < -0.39 is 0 Å². The maximum absolute atomic E-state index is 13.4. The van der Waals surface area contributed by atoms with E-state index >= 15 is 0 Å². The average Bonchev–Trinajstić information content (AvgIpc) is 3.18. The molecule has 1 fully saturated rings. The Morgan fingerprint density at radius 2 is 1.90 bits per heavy atom. The minimum Gasteiger partial charge on any atom is -0.365 e. The van der Waals surface area contributed by atoms with Crippen LogP contribution in [0.25, 0.3) is 22.4 Å². The van der Waals surface area contributed by atoms with Crippen molar-refractivity contribution < 1.29 is 8.91 Å². The summed E-state index contributed by atoms with van der Waals surface area (Å²) < 4.78 is 18.8. The minimum atomic E-state index is -0.288. The largest absolute Gasteiger partial charge is 0.365 e. The zero-order chi connectivity index (χ0) is 20.7. The summed E-state index contributed by atoms with van der Waals surface area (Å²) in [6.45, 7) is 6.85. The van der Waals surface area contributed by atoms with Crippen LogP contribution in [0, 0.1) is 12.7 Å². The fraction of sp³-hybridized carbons (Fsp3) is 0.261. The van der Waals surface area contributed by atoms with Crippen molar-refractivity contribution in [2.24, 2.45) is 0 Å². The van der Waals surface area contributed by atoms with Crippen LogP contribution in [-0.2, 0) is 0 Å². The first-order chi connectivity index (χ1) is 14.6. The second-order valence-corrected chi connectivity index (χ2v) is 7.74. The molecule has 0 saturated carbocycles. The monoisotopic (exact) mass is 403 g/mol. The van der Waals surface area contributed by atoms with Gasteiger partial charge in [0.25, 0.3) is 5.71 Å². The first kappa shape index (κ1) is 18.5. The lowest BCUT2D eigenvalue weighted by Crippen LogP contribution is -2.52. The lowest BCUT2D eigenvalue weighted by molar-refractivity contribution is 0.451. The molecule has 4 aromatic rings. The molecule has 5 rings (SSSR count). The summed E-state index contributed by atoms with van der Waals surface area (Å²) in [6, 6.07) is 15.1. The highest BCUT2D eigenvalue weighted by molar-refractivity contribution is 5.98. The van der Waals surface area contributed by atoms with Gasteiger partial charge in [-0.05, 0) is 55.8 Å². The van der Waals surface area contributed by atoms with Crippen molar-refractivity contribution in [2.45, 2.75) is 19.9 Å². The van der Waals surface area contributed by atoms with Crippen LogP contribution < -0.4 is 9.80 Å². The van der Waals surface area contributed by atoms with E-state index in [0.717, 1.165) is 36.4 Å². The Balaban J connectivity index is 1.48. The lowest BCUT2D eigenvalue weighted by Gasteiger charge is -2.42. The van der Waals surface area contributed by atoms with E-state index in [1.54, 1.807) is 12.1 Å². The van der Waals surface area contributed by atoms with Gasteiger partial charge in [-0.1, -0.05) is 17.3 Å². The highest BCUT2D eigenvalue weighted by atomic mass is 19.1. The summed E-state index contributed by atoms with van der Waals surface area (Å²) in [5.74, 6) is 0.514. The molecule has 152 valence electrons. The number of hydrogen-bond acceptors (Lipinski definition) is 6. The van der Waals surface area contributed by atoms with Gasteiger partial charge in [-0.2, -0.15) is 4.98 Å². The number of rotatable bonds is 3. The van der Waals surface area contributed by atoms with Crippen molar-refractivity contribution in [3.8, 4) is 11.3 Å². The topological polar surface area (TPSA) is 58.3 Å². The Kier molecular flexibility index (Phi) is 4.58. The zero-order valence-electron chi connectivity index (χ0n) is 16.9. The van der Waals surface area contributed by atoms with Gasteiger partial charge in [0.05, 0.1) is 0 Å². The third-order valence-electron chi connectivity index (χ3n) is 5.63. The Morgan fingerprint density at radius 1 is 1.07 bits per heavy atom. The molecule has 0 aliphatic carbocycles. The van der Waals surface area contributed by atoms with Crippen LogP contribution in [0.2, 0.25) is 0 Å². The van der Waals surface area contributed by atoms with Crippen molar-refractivity contribution in [3.63, 3.8) is 0 Å². The Labute approximate surface area is 174 Å². The molecule has 6 nitrogen and oxygen atoms in total. The van der Waals surface area contributed by atoms with E-state index in [0.29, 0.717) is 17.4 Å². The highest BCUT2D eigenvalue weighted by Gasteiger charge is 2.28. The van der Waals surface area contributed by atoms with Crippen molar-refractivity contribution >= 4 is 22.6 Å². The molecule has 1 aliphatic rings. The SMILES string of the molecule is Cc1cccc(N2CCN(c3ncnc4onc(-c5ccc(F)cc5)c34)CC2C)c1. The predicted octanol–water partition coefficient (Wildman–Crippen LogP) is 4.45. The number of nitrogens with zero attached hydrogens (tertiary/aromatic N) is 5. The van der Waals surface area contributed by atoms with Crippen LogP contribution >= 0.6 is 0 Å².